The lowest BCUT2D eigenvalue weighted by molar-refractivity contribution is 0.350. The van der Waals surface area contributed by atoms with Crippen molar-refractivity contribution in [3.63, 3.8) is 0 Å². The number of aromatic nitrogens is 6. The van der Waals surface area contributed by atoms with E-state index in [1.807, 2.05) is 19.1 Å². The van der Waals surface area contributed by atoms with Gasteiger partial charge in [-0.15, -0.1) is 0 Å². The molecule has 0 spiro atoms. The smallest absolute Gasteiger partial charge is 0.328 e. The van der Waals surface area contributed by atoms with E-state index < -0.39 is 0 Å². The van der Waals surface area contributed by atoms with Gasteiger partial charge >= 0.3 is 5.69 Å². The molecule has 0 radical (unpaired) electrons. The number of fused-ring (bicyclic) bond motifs is 1. The van der Waals surface area contributed by atoms with Gasteiger partial charge < -0.3 is 20.2 Å². The lowest BCUT2D eigenvalue weighted by Crippen LogP contribution is -2.19. The molecular formula is C18H19N7O3. The lowest BCUT2D eigenvalue weighted by Gasteiger charge is -2.15. The van der Waals surface area contributed by atoms with Gasteiger partial charge in [-0.2, -0.15) is 15.1 Å². The van der Waals surface area contributed by atoms with E-state index in [0.29, 0.717) is 22.7 Å². The summed E-state index contributed by atoms with van der Waals surface area (Å²) in [6, 6.07) is 5.49. The highest BCUT2D eigenvalue weighted by Gasteiger charge is 2.19. The minimum Gasteiger partial charge on any atom is -0.493 e. The van der Waals surface area contributed by atoms with E-state index in [1.165, 1.54) is 9.25 Å². The quantitative estimate of drug-likeness (QED) is 0.533. The topological polar surface area (TPSA) is 126 Å². The number of nitrogen functional groups attached to an aromatic ring is 1. The highest BCUT2D eigenvalue weighted by molar-refractivity contribution is 5.82. The molecule has 4 rings (SSSR count). The van der Waals surface area contributed by atoms with Gasteiger partial charge in [0, 0.05) is 18.0 Å². The first-order valence-electron chi connectivity index (χ1n) is 8.50. The van der Waals surface area contributed by atoms with E-state index in [4.69, 9.17) is 15.2 Å². The Kier molecular flexibility index (Phi) is 4.22. The third-order valence-electron chi connectivity index (χ3n) is 4.55. The lowest BCUT2D eigenvalue weighted by atomic mass is 10.1. The molecule has 0 unspecified atom stereocenters. The van der Waals surface area contributed by atoms with Crippen molar-refractivity contribution in [2.24, 2.45) is 0 Å². The van der Waals surface area contributed by atoms with Gasteiger partial charge in [0.25, 0.3) is 5.95 Å². The third-order valence-corrected chi connectivity index (χ3v) is 4.55. The van der Waals surface area contributed by atoms with Crippen LogP contribution in [0.5, 0.6) is 11.5 Å². The molecule has 10 heteroatoms. The summed E-state index contributed by atoms with van der Waals surface area (Å²) in [5.41, 5.74) is 8.22. The monoisotopic (exact) mass is 381 g/mol. The van der Waals surface area contributed by atoms with Gasteiger partial charge in [-0.05, 0) is 24.6 Å². The molecule has 0 saturated carbocycles. The Balaban J connectivity index is 1.91. The number of aromatic amines is 1. The second-order valence-electron chi connectivity index (χ2n) is 6.17. The Morgan fingerprint density at radius 1 is 1.21 bits per heavy atom. The fourth-order valence-electron chi connectivity index (χ4n) is 3.12. The van der Waals surface area contributed by atoms with Crippen LogP contribution in [0.3, 0.4) is 0 Å². The van der Waals surface area contributed by atoms with E-state index in [9.17, 15) is 4.79 Å². The van der Waals surface area contributed by atoms with Crippen molar-refractivity contribution in [1.29, 1.82) is 0 Å². The molecule has 4 aromatic rings. The molecule has 28 heavy (non-hydrogen) atoms. The van der Waals surface area contributed by atoms with Gasteiger partial charge in [-0.25, -0.2) is 9.48 Å². The summed E-state index contributed by atoms with van der Waals surface area (Å²) in [4.78, 5) is 24.1. The first kappa shape index (κ1) is 17.6. The molecule has 0 amide bonds. The second kappa shape index (κ2) is 6.72. The molecule has 3 heterocycles. The van der Waals surface area contributed by atoms with Gasteiger partial charge in [0.1, 0.15) is 5.52 Å². The standard InChI is InChI=1S/C18H19N7O3/c1-10-5-6-12(27-2)14(28-3)11(10)9-24-16-13(21-18(24)26)15(19)22-17(23-16)25-8-4-7-20-25/h4-8H,9H2,1-3H3,(H,21,26)(H2,19,22,23). The minimum absolute atomic E-state index is 0.167. The summed E-state index contributed by atoms with van der Waals surface area (Å²) in [6.45, 7) is 2.16. The number of benzene rings is 1. The van der Waals surface area contributed by atoms with Crippen molar-refractivity contribution in [2.75, 3.05) is 20.0 Å². The van der Waals surface area contributed by atoms with E-state index in [2.05, 4.69) is 20.1 Å². The average Bonchev–Trinajstić information content (AvgIpc) is 3.32. The number of imidazole rings is 1. The van der Waals surface area contributed by atoms with E-state index in [0.717, 1.165) is 11.1 Å². The van der Waals surface area contributed by atoms with Crippen LogP contribution in [0.4, 0.5) is 5.82 Å². The summed E-state index contributed by atoms with van der Waals surface area (Å²) < 4.78 is 13.9. The van der Waals surface area contributed by atoms with Crippen molar-refractivity contribution in [3.8, 4) is 17.4 Å². The number of H-pyrrole nitrogens is 1. The molecule has 0 bridgehead atoms. The van der Waals surface area contributed by atoms with Crippen molar-refractivity contribution in [3.05, 3.63) is 52.2 Å². The number of rotatable bonds is 5. The zero-order valence-corrected chi connectivity index (χ0v) is 15.6. The Morgan fingerprint density at radius 3 is 2.71 bits per heavy atom. The fourth-order valence-corrected chi connectivity index (χ4v) is 3.12. The number of aryl methyl sites for hydroxylation is 1. The molecule has 0 atom stereocenters. The minimum atomic E-state index is -0.349. The normalized spacial score (nSPS) is 11.1. The summed E-state index contributed by atoms with van der Waals surface area (Å²) >= 11 is 0. The molecule has 1 aromatic carbocycles. The Morgan fingerprint density at radius 2 is 2.04 bits per heavy atom. The van der Waals surface area contributed by atoms with Gasteiger partial charge in [0.2, 0.25) is 0 Å². The number of nitrogens with one attached hydrogen (secondary N) is 1. The third kappa shape index (κ3) is 2.75. The molecular weight excluding hydrogens is 362 g/mol. The van der Waals surface area contributed by atoms with Crippen LogP contribution in [0.15, 0.2) is 35.4 Å². The van der Waals surface area contributed by atoms with Crippen LogP contribution in [0.2, 0.25) is 0 Å². The van der Waals surface area contributed by atoms with Gasteiger partial charge in [0.15, 0.2) is 23.0 Å². The SMILES string of the molecule is COc1ccc(C)c(Cn2c(=O)[nH]c3c(N)nc(-n4cccn4)nc32)c1OC. The summed E-state index contributed by atoms with van der Waals surface area (Å²) in [5, 5.41) is 4.12. The first-order valence-corrected chi connectivity index (χ1v) is 8.50. The maximum Gasteiger partial charge on any atom is 0.328 e. The highest BCUT2D eigenvalue weighted by Crippen LogP contribution is 2.34. The summed E-state index contributed by atoms with van der Waals surface area (Å²) in [5.74, 6) is 1.60. The number of nitrogens with zero attached hydrogens (tertiary/aromatic N) is 5. The van der Waals surface area contributed by atoms with Gasteiger partial charge in [-0.3, -0.25) is 4.57 Å². The molecule has 3 N–H and O–H groups in total. The average molecular weight is 381 g/mol. The number of hydrogen-bond acceptors (Lipinski definition) is 7. The number of hydrogen-bond donors (Lipinski definition) is 2. The van der Waals surface area contributed by atoms with Crippen molar-refractivity contribution in [2.45, 2.75) is 13.5 Å². The maximum atomic E-state index is 12.6. The van der Waals surface area contributed by atoms with Crippen LogP contribution < -0.4 is 20.9 Å². The zero-order valence-electron chi connectivity index (χ0n) is 15.6. The molecule has 0 fully saturated rings. The van der Waals surface area contributed by atoms with Crippen LogP contribution in [0.25, 0.3) is 17.1 Å². The molecule has 0 aliphatic carbocycles. The Labute approximate surface area is 159 Å². The maximum absolute atomic E-state index is 12.6. The predicted octanol–water partition coefficient (Wildman–Crippen LogP) is 1.26. The number of methoxy groups -OCH3 is 2. The number of ether oxygens (including phenoxy) is 2. The van der Waals surface area contributed by atoms with Crippen molar-refractivity contribution in [1.82, 2.24) is 29.3 Å². The van der Waals surface area contributed by atoms with E-state index >= 15 is 0 Å². The van der Waals surface area contributed by atoms with E-state index in [-0.39, 0.29) is 24.0 Å². The number of anilines is 1. The molecule has 0 aliphatic rings. The van der Waals surface area contributed by atoms with Gasteiger partial charge in [0.05, 0.1) is 20.8 Å². The van der Waals surface area contributed by atoms with Gasteiger partial charge in [-0.1, -0.05) is 6.07 Å². The van der Waals surface area contributed by atoms with Crippen LogP contribution in [-0.4, -0.2) is 43.5 Å². The van der Waals surface area contributed by atoms with Crippen LogP contribution in [-0.2, 0) is 6.54 Å². The van der Waals surface area contributed by atoms with Crippen LogP contribution in [0.1, 0.15) is 11.1 Å². The molecule has 144 valence electrons. The molecule has 10 nitrogen and oxygen atoms in total. The Bertz CT molecular complexity index is 1210. The van der Waals surface area contributed by atoms with Crippen LogP contribution >= 0.6 is 0 Å². The highest BCUT2D eigenvalue weighted by atomic mass is 16.5. The molecule has 3 aromatic heterocycles. The summed E-state index contributed by atoms with van der Waals surface area (Å²) in [7, 11) is 3.13. The molecule has 0 aliphatic heterocycles. The zero-order chi connectivity index (χ0) is 19.8. The van der Waals surface area contributed by atoms with Crippen molar-refractivity contribution < 1.29 is 9.47 Å². The first-order chi connectivity index (χ1) is 13.5. The largest absolute Gasteiger partial charge is 0.493 e. The second-order valence-corrected chi connectivity index (χ2v) is 6.17. The Hall–Kier alpha value is -3.82. The van der Waals surface area contributed by atoms with Crippen LogP contribution in [0, 0.1) is 6.92 Å². The van der Waals surface area contributed by atoms with Crippen molar-refractivity contribution >= 4 is 17.0 Å². The fraction of sp³-hybridized carbons (Fsp3) is 0.222. The molecule has 0 saturated heterocycles. The number of nitrogens with two attached hydrogens (primary N) is 1. The summed E-state index contributed by atoms with van der Waals surface area (Å²) in [6.07, 6.45) is 3.31. The predicted molar refractivity (Wildman–Crippen MR) is 103 cm³/mol. The van der Waals surface area contributed by atoms with E-state index in [1.54, 1.807) is 32.7 Å².